The van der Waals surface area contributed by atoms with Gasteiger partial charge in [-0.2, -0.15) is 5.10 Å². The summed E-state index contributed by atoms with van der Waals surface area (Å²) in [5.41, 5.74) is 1.17. The fraction of sp³-hybridized carbons (Fsp3) is 0.824. The SMILES string of the molecule is CCC(C)n1ccc(CC(NC)C2C(C)OC(C)C2C)n1. The molecule has 6 atom stereocenters. The first-order chi connectivity index (χ1) is 9.97. The van der Waals surface area contributed by atoms with Gasteiger partial charge in [-0.25, -0.2) is 0 Å². The lowest BCUT2D eigenvalue weighted by Gasteiger charge is -2.28. The number of hydrogen-bond donors (Lipinski definition) is 1. The zero-order chi connectivity index (χ0) is 15.6. The van der Waals surface area contributed by atoms with Crippen molar-refractivity contribution >= 4 is 0 Å². The predicted octanol–water partition coefficient (Wildman–Crippen LogP) is 3.04. The van der Waals surface area contributed by atoms with Crippen molar-refractivity contribution in [2.45, 2.75) is 71.8 Å². The fourth-order valence-electron chi connectivity index (χ4n) is 3.56. The third kappa shape index (κ3) is 3.49. The van der Waals surface area contributed by atoms with Gasteiger partial charge < -0.3 is 10.1 Å². The van der Waals surface area contributed by atoms with Gasteiger partial charge in [0.25, 0.3) is 0 Å². The van der Waals surface area contributed by atoms with E-state index in [4.69, 9.17) is 9.84 Å². The highest BCUT2D eigenvalue weighted by Gasteiger charge is 2.41. The quantitative estimate of drug-likeness (QED) is 0.876. The highest BCUT2D eigenvalue weighted by Crippen LogP contribution is 2.35. The molecule has 0 amide bonds. The van der Waals surface area contributed by atoms with Crippen LogP contribution in [0.25, 0.3) is 0 Å². The van der Waals surface area contributed by atoms with Gasteiger partial charge in [0.1, 0.15) is 0 Å². The van der Waals surface area contributed by atoms with E-state index in [2.05, 4.69) is 63.9 Å². The maximum atomic E-state index is 6.00. The minimum absolute atomic E-state index is 0.309. The molecule has 0 aromatic carbocycles. The lowest BCUT2D eigenvalue weighted by atomic mass is 9.82. The Hall–Kier alpha value is -0.870. The lowest BCUT2D eigenvalue weighted by Crippen LogP contribution is -2.41. The topological polar surface area (TPSA) is 39.1 Å². The molecule has 1 aromatic heterocycles. The zero-order valence-corrected chi connectivity index (χ0v) is 14.3. The molecule has 1 fully saturated rings. The molecule has 1 aliphatic heterocycles. The molecule has 4 heteroatoms. The highest BCUT2D eigenvalue weighted by molar-refractivity contribution is 5.05. The van der Waals surface area contributed by atoms with E-state index >= 15 is 0 Å². The molecule has 0 saturated carbocycles. The van der Waals surface area contributed by atoms with Crippen molar-refractivity contribution in [2.24, 2.45) is 11.8 Å². The number of ether oxygens (including phenoxy) is 1. The Morgan fingerprint density at radius 1 is 1.33 bits per heavy atom. The van der Waals surface area contributed by atoms with Gasteiger partial charge >= 0.3 is 0 Å². The third-order valence-electron chi connectivity index (χ3n) is 5.29. The van der Waals surface area contributed by atoms with Crippen molar-refractivity contribution < 1.29 is 4.74 Å². The standard InChI is InChI=1S/C17H31N3O/c1-7-11(2)20-9-8-15(19-20)10-16(18-6)17-12(3)13(4)21-14(17)5/h8-9,11-14,16-18H,7,10H2,1-6H3. The third-order valence-corrected chi connectivity index (χ3v) is 5.29. The monoisotopic (exact) mass is 293 g/mol. The van der Waals surface area contributed by atoms with Crippen LogP contribution in [-0.4, -0.2) is 35.1 Å². The predicted molar refractivity (Wildman–Crippen MR) is 86.4 cm³/mol. The van der Waals surface area contributed by atoms with Gasteiger partial charge in [-0.15, -0.1) is 0 Å². The van der Waals surface area contributed by atoms with E-state index in [1.165, 1.54) is 5.69 Å². The van der Waals surface area contributed by atoms with Crippen molar-refractivity contribution in [3.63, 3.8) is 0 Å². The molecule has 1 saturated heterocycles. The minimum atomic E-state index is 0.309. The van der Waals surface area contributed by atoms with Crippen LogP contribution in [0.2, 0.25) is 0 Å². The first-order valence-electron chi connectivity index (χ1n) is 8.34. The molecule has 2 heterocycles. The van der Waals surface area contributed by atoms with E-state index in [0.29, 0.717) is 36.1 Å². The summed E-state index contributed by atoms with van der Waals surface area (Å²) in [5.74, 6) is 1.12. The smallest absolute Gasteiger partial charge is 0.0640 e. The van der Waals surface area contributed by atoms with Gasteiger partial charge in [-0.3, -0.25) is 4.68 Å². The zero-order valence-electron chi connectivity index (χ0n) is 14.3. The Labute approximate surface area is 129 Å². The molecule has 1 aliphatic rings. The maximum absolute atomic E-state index is 6.00. The molecular weight excluding hydrogens is 262 g/mol. The fourth-order valence-corrected chi connectivity index (χ4v) is 3.56. The van der Waals surface area contributed by atoms with Crippen LogP contribution in [-0.2, 0) is 11.2 Å². The van der Waals surface area contributed by atoms with Gasteiger partial charge in [0.2, 0.25) is 0 Å². The molecule has 6 unspecified atom stereocenters. The van der Waals surface area contributed by atoms with Gasteiger partial charge in [0.15, 0.2) is 0 Å². The van der Waals surface area contributed by atoms with Crippen molar-refractivity contribution in [3.05, 3.63) is 18.0 Å². The second-order valence-corrected chi connectivity index (χ2v) is 6.63. The second-order valence-electron chi connectivity index (χ2n) is 6.63. The van der Waals surface area contributed by atoms with Gasteiger partial charge in [-0.1, -0.05) is 13.8 Å². The average molecular weight is 293 g/mol. The Balaban J connectivity index is 2.07. The van der Waals surface area contributed by atoms with E-state index < -0.39 is 0 Å². The van der Waals surface area contributed by atoms with E-state index in [-0.39, 0.29) is 0 Å². The van der Waals surface area contributed by atoms with Crippen molar-refractivity contribution in [1.29, 1.82) is 0 Å². The molecule has 120 valence electrons. The molecule has 4 nitrogen and oxygen atoms in total. The van der Waals surface area contributed by atoms with Crippen molar-refractivity contribution in [2.75, 3.05) is 7.05 Å². The highest BCUT2D eigenvalue weighted by atomic mass is 16.5. The first-order valence-corrected chi connectivity index (χ1v) is 8.34. The van der Waals surface area contributed by atoms with Crippen LogP contribution < -0.4 is 5.32 Å². The van der Waals surface area contributed by atoms with Crippen LogP contribution in [0.5, 0.6) is 0 Å². The van der Waals surface area contributed by atoms with Crippen LogP contribution in [0.1, 0.15) is 52.8 Å². The van der Waals surface area contributed by atoms with Crippen LogP contribution in [0.4, 0.5) is 0 Å². The van der Waals surface area contributed by atoms with Crippen LogP contribution in [0.15, 0.2) is 12.3 Å². The summed E-state index contributed by atoms with van der Waals surface area (Å²) in [4.78, 5) is 0. The molecule has 0 radical (unpaired) electrons. The number of nitrogens with zero attached hydrogens (tertiary/aromatic N) is 2. The average Bonchev–Trinajstić information content (AvgIpc) is 3.02. The lowest BCUT2D eigenvalue weighted by molar-refractivity contribution is 0.0478. The Morgan fingerprint density at radius 3 is 2.57 bits per heavy atom. The number of nitrogens with one attached hydrogen (secondary N) is 1. The van der Waals surface area contributed by atoms with E-state index in [9.17, 15) is 0 Å². The Kier molecular flexibility index (Phi) is 5.44. The molecule has 1 N–H and O–H groups in total. The first kappa shape index (κ1) is 16.5. The molecule has 0 bridgehead atoms. The molecule has 1 aromatic rings. The Bertz CT molecular complexity index is 445. The summed E-state index contributed by atoms with van der Waals surface area (Å²) in [6, 6.07) is 3.05. The summed E-state index contributed by atoms with van der Waals surface area (Å²) in [7, 11) is 2.05. The summed E-state index contributed by atoms with van der Waals surface area (Å²) in [6.45, 7) is 11.1. The number of hydrogen-bond acceptors (Lipinski definition) is 3. The second kappa shape index (κ2) is 6.93. The van der Waals surface area contributed by atoms with E-state index in [0.717, 1.165) is 12.8 Å². The largest absolute Gasteiger partial charge is 0.375 e. The van der Waals surface area contributed by atoms with Crippen LogP contribution in [0, 0.1) is 11.8 Å². The number of rotatable bonds is 6. The number of aromatic nitrogens is 2. The molecule has 0 aliphatic carbocycles. The van der Waals surface area contributed by atoms with Crippen LogP contribution >= 0.6 is 0 Å². The summed E-state index contributed by atoms with van der Waals surface area (Å²) in [6.07, 6.45) is 4.84. The van der Waals surface area contributed by atoms with Crippen LogP contribution in [0.3, 0.4) is 0 Å². The van der Waals surface area contributed by atoms with Crippen molar-refractivity contribution in [1.82, 2.24) is 15.1 Å². The van der Waals surface area contributed by atoms with E-state index in [1.54, 1.807) is 0 Å². The normalized spacial score (nSPS) is 32.3. The molecule has 21 heavy (non-hydrogen) atoms. The van der Waals surface area contributed by atoms with E-state index in [1.807, 2.05) is 0 Å². The van der Waals surface area contributed by atoms with Gasteiger partial charge in [0, 0.05) is 30.6 Å². The molecule has 0 spiro atoms. The number of likely N-dealkylation sites (N-methyl/N-ethyl adjacent to an activating group) is 1. The summed E-state index contributed by atoms with van der Waals surface area (Å²) >= 11 is 0. The minimum Gasteiger partial charge on any atom is -0.375 e. The van der Waals surface area contributed by atoms with Crippen molar-refractivity contribution in [3.8, 4) is 0 Å². The Morgan fingerprint density at radius 2 is 2.05 bits per heavy atom. The summed E-state index contributed by atoms with van der Waals surface area (Å²) < 4.78 is 8.09. The summed E-state index contributed by atoms with van der Waals surface area (Å²) in [5, 5.41) is 8.24. The maximum Gasteiger partial charge on any atom is 0.0640 e. The van der Waals surface area contributed by atoms with Gasteiger partial charge in [0.05, 0.1) is 17.9 Å². The van der Waals surface area contributed by atoms with Gasteiger partial charge in [-0.05, 0) is 46.2 Å². The molecular formula is C17H31N3O. The molecule has 2 rings (SSSR count).